The monoisotopic (exact) mass is 400 g/mol. The van der Waals surface area contributed by atoms with Crippen molar-refractivity contribution < 1.29 is 19.0 Å². The molecule has 1 aliphatic heterocycles. The normalized spacial score (nSPS) is 12.0. The summed E-state index contributed by atoms with van der Waals surface area (Å²) in [6.07, 6.45) is 4.59. The number of aromatic nitrogens is 3. The Bertz CT molecular complexity index is 1280. The molecule has 2 aromatic carbocycles. The van der Waals surface area contributed by atoms with Crippen molar-refractivity contribution in [3.05, 3.63) is 67.5 Å². The van der Waals surface area contributed by atoms with Crippen LogP contribution in [0.3, 0.4) is 0 Å². The smallest absolute Gasteiger partial charge is 0.247 e. The highest BCUT2D eigenvalue weighted by atomic mass is 16.7. The maximum Gasteiger partial charge on any atom is 0.247 e. The van der Waals surface area contributed by atoms with Crippen LogP contribution in [0.4, 0.5) is 5.69 Å². The summed E-state index contributed by atoms with van der Waals surface area (Å²) < 4.78 is 16.7. The van der Waals surface area contributed by atoms with Gasteiger partial charge < -0.3 is 24.5 Å². The van der Waals surface area contributed by atoms with Crippen molar-refractivity contribution in [3.63, 3.8) is 0 Å². The molecule has 0 radical (unpaired) electrons. The van der Waals surface area contributed by atoms with Gasteiger partial charge in [-0.2, -0.15) is 0 Å². The average Bonchev–Trinajstić information content (AvgIpc) is 3.40. The van der Waals surface area contributed by atoms with Crippen molar-refractivity contribution in [1.29, 1.82) is 0 Å². The molecule has 0 spiro atoms. The predicted molar refractivity (Wildman–Crippen MR) is 111 cm³/mol. The number of carbonyl (C=O) groups excluding carboxylic acids is 1. The maximum atomic E-state index is 11.5. The number of fused-ring (bicyclic) bond motifs is 2. The summed E-state index contributed by atoms with van der Waals surface area (Å²) in [5.74, 6) is 1.97. The van der Waals surface area contributed by atoms with E-state index in [-0.39, 0.29) is 12.7 Å². The molecule has 30 heavy (non-hydrogen) atoms. The minimum Gasteiger partial charge on any atom is -0.454 e. The highest BCUT2D eigenvalue weighted by Crippen LogP contribution is 2.37. The molecule has 2 aromatic heterocycles. The van der Waals surface area contributed by atoms with Crippen LogP contribution in [0.5, 0.6) is 23.1 Å². The minimum atomic E-state index is -0.297. The molecule has 148 valence electrons. The standard InChI is InChI=1S/C22H16N4O4/c1-2-19(27)25-14-4-3-5-15(9-14)30-20-11-24-22-21(26-20)16(10-23-22)13-6-7-17-18(8-13)29-12-28-17/h2-11H,1,12H2,(H,23,24)(H,25,27). The first kappa shape index (κ1) is 17.7. The number of hydrogen-bond donors (Lipinski definition) is 2. The van der Waals surface area contributed by atoms with Gasteiger partial charge in [0.2, 0.25) is 18.6 Å². The van der Waals surface area contributed by atoms with Gasteiger partial charge in [-0.05, 0) is 35.9 Å². The van der Waals surface area contributed by atoms with E-state index in [2.05, 4.69) is 26.8 Å². The molecule has 4 aromatic rings. The fourth-order valence-corrected chi connectivity index (χ4v) is 3.16. The SMILES string of the molecule is C=CC(=O)Nc1cccc(Oc2cnc3[nH]cc(-c4ccc5c(c4)OCO5)c3n2)c1. The number of aromatic amines is 1. The molecular formula is C22H16N4O4. The fraction of sp³-hybridized carbons (Fsp3) is 0.0455. The number of H-pyrrole nitrogens is 1. The van der Waals surface area contributed by atoms with Gasteiger partial charge in [-0.25, -0.2) is 9.97 Å². The van der Waals surface area contributed by atoms with Crippen LogP contribution in [0, 0.1) is 0 Å². The summed E-state index contributed by atoms with van der Waals surface area (Å²) in [7, 11) is 0. The van der Waals surface area contributed by atoms with Gasteiger partial charge in [0.25, 0.3) is 0 Å². The van der Waals surface area contributed by atoms with Crippen LogP contribution < -0.4 is 19.5 Å². The molecule has 0 unspecified atom stereocenters. The zero-order chi connectivity index (χ0) is 20.5. The lowest BCUT2D eigenvalue weighted by Crippen LogP contribution is -2.07. The van der Waals surface area contributed by atoms with E-state index in [0.717, 1.165) is 16.9 Å². The van der Waals surface area contributed by atoms with Crippen molar-refractivity contribution in [3.8, 4) is 34.3 Å². The quantitative estimate of drug-likeness (QED) is 0.486. The highest BCUT2D eigenvalue weighted by molar-refractivity contribution is 5.99. The molecule has 8 nitrogen and oxygen atoms in total. The first-order valence-corrected chi connectivity index (χ1v) is 9.15. The van der Waals surface area contributed by atoms with Crippen LogP contribution in [0.2, 0.25) is 0 Å². The predicted octanol–water partition coefficient (Wildman–Crippen LogP) is 4.27. The van der Waals surface area contributed by atoms with Crippen molar-refractivity contribution >= 4 is 22.8 Å². The van der Waals surface area contributed by atoms with Crippen LogP contribution in [0.15, 0.2) is 67.5 Å². The molecule has 0 aliphatic carbocycles. The lowest BCUT2D eigenvalue weighted by Gasteiger charge is -2.08. The van der Waals surface area contributed by atoms with E-state index in [1.54, 1.807) is 24.3 Å². The van der Waals surface area contributed by atoms with Gasteiger partial charge in [0.15, 0.2) is 17.1 Å². The molecule has 1 amide bonds. The van der Waals surface area contributed by atoms with Crippen LogP contribution in [0.1, 0.15) is 0 Å². The second-order valence-electron chi connectivity index (χ2n) is 6.50. The Labute approximate surface area is 171 Å². The number of benzene rings is 2. The summed E-state index contributed by atoms with van der Waals surface area (Å²) in [5, 5.41) is 2.69. The number of nitrogens with zero attached hydrogens (tertiary/aromatic N) is 2. The molecule has 8 heteroatoms. The van der Waals surface area contributed by atoms with Crippen molar-refractivity contribution in [2.45, 2.75) is 0 Å². The van der Waals surface area contributed by atoms with E-state index >= 15 is 0 Å². The van der Waals surface area contributed by atoms with Crippen molar-refractivity contribution in [1.82, 2.24) is 15.0 Å². The number of ether oxygens (including phenoxy) is 3. The van der Waals surface area contributed by atoms with E-state index in [4.69, 9.17) is 14.2 Å². The van der Waals surface area contributed by atoms with E-state index < -0.39 is 0 Å². The van der Waals surface area contributed by atoms with E-state index in [9.17, 15) is 4.79 Å². The van der Waals surface area contributed by atoms with Crippen LogP contribution in [-0.2, 0) is 4.79 Å². The second-order valence-corrected chi connectivity index (χ2v) is 6.50. The molecule has 1 aliphatic rings. The average molecular weight is 400 g/mol. The Hall–Kier alpha value is -4.33. The Morgan fingerprint density at radius 3 is 3.00 bits per heavy atom. The molecule has 0 atom stereocenters. The molecular weight excluding hydrogens is 384 g/mol. The lowest BCUT2D eigenvalue weighted by molar-refractivity contribution is -0.111. The topological polar surface area (TPSA) is 98.4 Å². The third kappa shape index (κ3) is 3.30. The Kier molecular flexibility index (Phi) is 4.29. The van der Waals surface area contributed by atoms with Gasteiger partial charge >= 0.3 is 0 Å². The molecule has 5 rings (SSSR count). The number of amides is 1. The first-order chi connectivity index (χ1) is 14.7. The zero-order valence-corrected chi connectivity index (χ0v) is 15.7. The largest absolute Gasteiger partial charge is 0.454 e. The number of anilines is 1. The molecule has 0 saturated carbocycles. The summed E-state index contributed by atoms with van der Waals surface area (Å²) in [5.41, 5.74) is 3.69. The van der Waals surface area contributed by atoms with E-state index in [1.165, 1.54) is 12.3 Å². The summed E-state index contributed by atoms with van der Waals surface area (Å²) in [4.78, 5) is 23.6. The Morgan fingerprint density at radius 2 is 2.10 bits per heavy atom. The fourth-order valence-electron chi connectivity index (χ4n) is 3.16. The molecule has 3 heterocycles. The zero-order valence-electron chi connectivity index (χ0n) is 15.7. The van der Waals surface area contributed by atoms with Crippen LogP contribution >= 0.6 is 0 Å². The summed E-state index contributed by atoms with van der Waals surface area (Å²) in [6, 6.07) is 12.7. The molecule has 0 saturated heterocycles. The summed E-state index contributed by atoms with van der Waals surface area (Å²) >= 11 is 0. The number of carbonyl (C=O) groups is 1. The molecule has 2 N–H and O–H groups in total. The highest BCUT2D eigenvalue weighted by Gasteiger charge is 2.17. The molecule has 0 bridgehead atoms. The van der Waals surface area contributed by atoms with Gasteiger partial charge in [0, 0.05) is 23.5 Å². The third-order valence-electron chi connectivity index (χ3n) is 4.55. The number of hydrogen-bond acceptors (Lipinski definition) is 6. The number of nitrogens with one attached hydrogen (secondary N) is 2. The van der Waals surface area contributed by atoms with Gasteiger partial charge in [-0.15, -0.1) is 0 Å². The van der Waals surface area contributed by atoms with Gasteiger partial charge in [0.05, 0.1) is 6.20 Å². The van der Waals surface area contributed by atoms with Crippen LogP contribution in [-0.4, -0.2) is 27.7 Å². The van der Waals surface area contributed by atoms with E-state index in [1.807, 2.05) is 24.4 Å². The van der Waals surface area contributed by atoms with Gasteiger partial charge in [0.1, 0.15) is 11.3 Å². The van der Waals surface area contributed by atoms with E-state index in [0.29, 0.717) is 34.2 Å². The Balaban J connectivity index is 1.46. The Morgan fingerprint density at radius 1 is 1.20 bits per heavy atom. The maximum absolute atomic E-state index is 11.5. The van der Waals surface area contributed by atoms with Gasteiger partial charge in [-0.1, -0.05) is 18.7 Å². The lowest BCUT2D eigenvalue weighted by atomic mass is 10.1. The number of rotatable bonds is 5. The first-order valence-electron chi connectivity index (χ1n) is 9.15. The minimum absolute atomic E-state index is 0.219. The molecule has 0 fully saturated rings. The van der Waals surface area contributed by atoms with Crippen molar-refractivity contribution in [2.24, 2.45) is 0 Å². The van der Waals surface area contributed by atoms with Crippen molar-refractivity contribution in [2.75, 3.05) is 12.1 Å². The van der Waals surface area contributed by atoms with Crippen LogP contribution in [0.25, 0.3) is 22.3 Å². The third-order valence-corrected chi connectivity index (χ3v) is 4.55. The van der Waals surface area contributed by atoms with Gasteiger partial charge in [-0.3, -0.25) is 4.79 Å². The summed E-state index contributed by atoms with van der Waals surface area (Å²) in [6.45, 7) is 3.66. The second kappa shape index (κ2) is 7.25.